The second-order valence-electron chi connectivity index (χ2n) is 6.77. The van der Waals surface area contributed by atoms with E-state index in [0.29, 0.717) is 21.1 Å². The van der Waals surface area contributed by atoms with Crippen LogP contribution in [0.5, 0.6) is 0 Å². The number of Topliss-reactive ketones (excluding diaryl/α,β-unsaturated/α-hetero) is 1. The van der Waals surface area contributed by atoms with E-state index < -0.39 is 21.7 Å². The topological polar surface area (TPSA) is 132 Å². The number of benzene rings is 2. The van der Waals surface area contributed by atoms with E-state index in [0.717, 1.165) is 11.3 Å². The number of hydrogen-bond acceptors (Lipinski definition) is 6. The molecule has 11 heteroatoms. The average Bonchev–Trinajstić information content (AvgIpc) is 3.27. The third-order valence-electron chi connectivity index (χ3n) is 4.48. The van der Waals surface area contributed by atoms with Gasteiger partial charge in [0.2, 0.25) is 0 Å². The Balaban J connectivity index is 1.70. The van der Waals surface area contributed by atoms with E-state index in [2.05, 4.69) is 14.7 Å². The number of anilines is 1. The molecule has 2 heterocycles. The molecule has 0 radical (unpaired) electrons. The second kappa shape index (κ2) is 7.11. The summed E-state index contributed by atoms with van der Waals surface area (Å²) in [4.78, 5) is 42.3. The van der Waals surface area contributed by atoms with Crippen LogP contribution in [0.4, 0.5) is 5.69 Å². The third-order valence-corrected chi connectivity index (χ3v) is 6.71. The lowest BCUT2D eigenvalue weighted by atomic mass is 10.1. The van der Waals surface area contributed by atoms with E-state index in [4.69, 9.17) is 0 Å². The summed E-state index contributed by atoms with van der Waals surface area (Å²) in [6.45, 7) is 0. The highest BCUT2D eigenvalue weighted by Gasteiger charge is 2.22. The van der Waals surface area contributed by atoms with Crippen LogP contribution < -0.4 is 9.60 Å². The summed E-state index contributed by atoms with van der Waals surface area (Å²) in [5.74, 6) is -1.38. The number of thiazole rings is 1. The van der Waals surface area contributed by atoms with Crippen LogP contribution in [-0.2, 0) is 14.8 Å². The first kappa shape index (κ1) is 19.9. The lowest BCUT2D eigenvalue weighted by Crippen LogP contribution is -2.29. The van der Waals surface area contributed by atoms with Crippen LogP contribution >= 0.6 is 11.3 Å². The minimum absolute atomic E-state index is 0.00139. The fraction of sp³-hybridized carbons (Fsp3) is 0.105. The summed E-state index contributed by atoms with van der Waals surface area (Å²) < 4.78 is 28.6. The number of aromatic nitrogens is 2. The van der Waals surface area contributed by atoms with E-state index in [-0.39, 0.29) is 21.0 Å². The Morgan fingerprint density at radius 2 is 1.80 bits per heavy atom. The van der Waals surface area contributed by atoms with Crippen molar-refractivity contribution in [2.24, 2.45) is 0 Å². The quantitative estimate of drug-likeness (QED) is 0.320. The first-order valence-corrected chi connectivity index (χ1v) is 11.0. The maximum atomic E-state index is 12.8. The smallest absolute Gasteiger partial charge is 0.305 e. The van der Waals surface area contributed by atoms with Crippen LogP contribution in [0, 0.1) is 0 Å². The number of H-pyrrole nitrogens is 2. The Labute approximate surface area is 174 Å². The fourth-order valence-corrected chi connectivity index (χ4v) is 4.92. The van der Waals surface area contributed by atoms with Gasteiger partial charge < -0.3 is 14.9 Å². The highest BCUT2D eigenvalue weighted by molar-refractivity contribution is 7.92. The molecule has 2 aromatic heterocycles. The predicted octanol–water partition coefficient (Wildman–Crippen LogP) is 2.14. The maximum absolute atomic E-state index is 12.8. The number of rotatable bonds is 5. The molecule has 0 atom stereocenters. The number of fused-ring (bicyclic) bond motifs is 2. The highest BCUT2D eigenvalue weighted by atomic mass is 32.2. The monoisotopic (exact) mass is 444 g/mol. The third kappa shape index (κ3) is 3.48. The van der Waals surface area contributed by atoms with E-state index in [1.165, 1.54) is 49.5 Å². The van der Waals surface area contributed by atoms with Crippen LogP contribution in [0.3, 0.4) is 0 Å². The first-order valence-electron chi connectivity index (χ1n) is 8.68. The standard InChI is InChI=1S/C19H16N4O5S2/c1-23(2)18(25)17(24)13-9-20-14-5-3-10(7-12(13)14)22-30(27,28)11-4-6-15-16(8-11)29-19(26)21-15/h3-9,20,22H,1-2H3,(H,21,26). The van der Waals surface area contributed by atoms with Crippen molar-refractivity contribution in [3.63, 3.8) is 0 Å². The zero-order valence-corrected chi connectivity index (χ0v) is 17.5. The van der Waals surface area contributed by atoms with E-state index in [9.17, 15) is 22.8 Å². The number of likely N-dealkylation sites (N-methyl/N-ethyl adjacent to an activating group) is 1. The molecule has 154 valence electrons. The molecular weight excluding hydrogens is 428 g/mol. The number of hydrogen-bond donors (Lipinski definition) is 3. The van der Waals surface area contributed by atoms with Crippen LogP contribution in [-0.4, -0.2) is 49.1 Å². The molecule has 30 heavy (non-hydrogen) atoms. The number of sulfonamides is 1. The number of nitrogens with one attached hydrogen (secondary N) is 3. The molecule has 0 fully saturated rings. The molecule has 0 aliphatic carbocycles. The van der Waals surface area contributed by atoms with E-state index >= 15 is 0 Å². The van der Waals surface area contributed by atoms with Gasteiger partial charge in [-0.15, -0.1) is 0 Å². The molecule has 0 unspecified atom stereocenters. The van der Waals surface area contributed by atoms with Crippen molar-refractivity contribution in [2.75, 3.05) is 18.8 Å². The van der Waals surface area contributed by atoms with Crippen LogP contribution in [0.15, 0.2) is 52.3 Å². The van der Waals surface area contributed by atoms with Crippen LogP contribution in [0.2, 0.25) is 0 Å². The minimum Gasteiger partial charge on any atom is -0.360 e. The maximum Gasteiger partial charge on any atom is 0.305 e. The van der Waals surface area contributed by atoms with Gasteiger partial charge in [-0.25, -0.2) is 8.42 Å². The van der Waals surface area contributed by atoms with Crippen LogP contribution in [0.1, 0.15) is 10.4 Å². The number of carbonyl (C=O) groups is 2. The second-order valence-corrected chi connectivity index (χ2v) is 9.47. The Morgan fingerprint density at radius 3 is 2.53 bits per heavy atom. The van der Waals surface area contributed by atoms with Gasteiger partial charge in [-0.2, -0.15) is 0 Å². The van der Waals surface area contributed by atoms with Gasteiger partial charge in [0, 0.05) is 36.9 Å². The summed E-state index contributed by atoms with van der Waals surface area (Å²) in [7, 11) is -0.982. The van der Waals surface area contributed by atoms with Gasteiger partial charge in [0.1, 0.15) is 0 Å². The minimum atomic E-state index is -3.94. The molecule has 4 rings (SSSR count). The lowest BCUT2D eigenvalue weighted by molar-refractivity contribution is -0.124. The van der Waals surface area contributed by atoms with Gasteiger partial charge in [-0.3, -0.25) is 19.1 Å². The van der Waals surface area contributed by atoms with Gasteiger partial charge in [-0.1, -0.05) is 11.3 Å². The molecule has 0 saturated heterocycles. The van der Waals surface area contributed by atoms with Crippen molar-refractivity contribution in [3.05, 3.63) is 57.8 Å². The summed E-state index contributed by atoms with van der Waals surface area (Å²) >= 11 is 0.921. The predicted molar refractivity (Wildman–Crippen MR) is 115 cm³/mol. The Morgan fingerprint density at radius 1 is 1.07 bits per heavy atom. The van der Waals surface area contributed by atoms with E-state index in [1.54, 1.807) is 12.1 Å². The normalized spacial score (nSPS) is 11.7. The highest BCUT2D eigenvalue weighted by Crippen LogP contribution is 2.26. The molecule has 0 saturated carbocycles. The van der Waals surface area contributed by atoms with Crippen molar-refractivity contribution in [1.82, 2.24) is 14.9 Å². The summed E-state index contributed by atoms with van der Waals surface area (Å²) in [6.07, 6.45) is 1.43. The van der Waals surface area contributed by atoms with Crippen LogP contribution in [0.25, 0.3) is 21.1 Å². The summed E-state index contributed by atoms with van der Waals surface area (Å²) in [5.41, 5.74) is 1.54. The number of ketones is 1. The first-order chi connectivity index (χ1) is 14.2. The Hall–Kier alpha value is -3.44. The lowest BCUT2D eigenvalue weighted by Gasteiger charge is -2.10. The Bertz CT molecular complexity index is 1480. The Kier molecular flexibility index (Phi) is 4.71. The van der Waals surface area contributed by atoms with Crippen molar-refractivity contribution >= 4 is 59.9 Å². The number of aromatic amines is 2. The van der Waals surface area contributed by atoms with Crippen molar-refractivity contribution < 1.29 is 18.0 Å². The summed E-state index contributed by atoms with van der Waals surface area (Å²) in [5, 5.41) is 0.426. The zero-order valence-electron chi connectivity index (χ0n) is 15.8. The SMILES string of the molecule is CN(C)C(=O)C(=O)c1c[nH]c2ccc(NS(=O)(=O)c3ccc4[nH]c(=O)sc4c3)cc12. The number of carbonyl (C=O) groups excluding carboxylic acids is 2. The molecule has 0 spiro atoms. The molecule has 3 N–H and O–H groups in total. The number of nitrogens with zero attached hydrogens (tertiary/aromatic N) is 1. The van der Waals surface area contributed by atoms with Crippen molar-refractivity contribution in [1.29, 1.82) is 0 Å². The largest absolute Gasteiger partial charge is 0.360 e. The summed E-state index contributed by atoms with van der Waals surface area (Å²) in [6, 6.07) is 9.00. The van der Waals surface area contributed by atoms with Crippen molar-refractivity contribution in [3.8, 4) is 0 Å². The van der Waals surface area contributed by atoms with Gasteiger partial charge in [0.25, 0.3) is 21.7 Å². The van der Waals surface area contributed by atoms with Crippen molar-refractivity contribution in [2.45, 2.75) is 4.90 Å². The molecule has 9 nitrogen and oxygen atoms in total. The fourth-order valence-electron chi connectivity index (χ4n) is 3.00. The van der Waals surface area contributed by atoms with Gasteiger partial charge >= 0.3 is 4.87 Å². The zero-order chi connectivity index (χ0) is 21.6. The molecule has 0 bridgehead atoms. The van der Waals surface area contributed by atoms with E-state index in [1.807, 2.05) is 0 Å². The molecule has 0 aliphatic rings. The number of amides is 1. The van der Waals surface area contributed by atoms with Gasteiger partial charge in [0.05, 0.1) is 20.7 Å². The average molecular weight is 444 g/mol. The molecule has 1 amide bonds. The molecule has 0 aliphatic heterocycles. The molecule has 4 aromatic rings. The molecular formula is C19H16N4O5S2. The van der Waals surface area contributed by atoms with Gasteiger partial charge in [0.15, 0.2) is 0 Å². The molecule has 2 aromatic carbocycles. The van der Waals surface area contributed by atoms with Gasteiger partial charge in [-0.05, 0) is 36.4 Å².